The summed E-state index contributed by atoms with van der Waals surface area (Å²) in [6, 6.07) is 22.0. The number of aryl methyl sites for hydroxylation is 1. The number of hydrogen-bond acceptors (Lipinski definition) is 3. The highest BCUT2D eigenvalue weighted by Crippen LogP contribution is 2.25. The summed E-state index contributed by atoms with van der Waals surface area (Å²) in [5.41, 5.74) is 5.52. The van der Waals surface area contributed by atoms with Crippen molar-refractivity contribution in [2.45, 2.75) is 32.7 Å². The summed E-state index contributed by atoms with van der Waals surface area (Å²) >= 11 is 6.15. The SMILES string of the molecule is CCCCc1nc2ccc(Cl)nc2n1Cc1ccc(-c2ccccc2C#N)cc1. The van der Waals surface area contributed by atoms with Gasteiger partial charge in [-0.3, -0.25) is 0 Å². The summed E-state index contributed by atoms with van der Waals surface area (Å²) in [6.45, 7) is 2.86. The van der Waals surface area contributed by atoms with Crippen molar-refractivity contribution in [1.82, 2.24) is 14.5 Å². The molecule has 2 aromatic carbocycles. The van der Waals surface area contributed by atoms with Gasteiger partial charge in [-0.05, 0) is 41.3 Å². The number of rotatable bonds is 6. The molecule has 0 unspecified atom stereocenters. The minimum Gasteiger partial charge on any atom is -0.308 e. The Balaban J connectivity index is 1.68. The molecule has 5 heteroatoms. The monoisotopic (exact) mass is 400 g/mol. The molecule has 29 heavy (non-hydrogen) atoms. The lowest BCUT2D eigenvalue weighted by Gasteiger charge is -2.10. The first-order valence-corrected chi connectivity index (χ1v) is 10.2. The number of halogens is 1. The zero-order valence-electron chi connectivity index (χ0n) is 16.3. The van der Waals surface area contributed by atoms with Gasteiger partial charge >= 0.3 is 0 Å². The topological polar surface area (TPSA) is 54.5 Å². The molecule has 4 nitrogen and oxygen atoms in total. The first-order chi connectivity index (χ1) is 14.2. The molecule has 2 aromatic heterocycles. The van der Waals surface area contributed by atoms with Gasteiger partial charge < -0.3 is 4.57 Å². The lowest BCUT2D eigenvalue weighted by molar-refractivity contribution is 0.686. The minimum absolute atomic E-state index is 0.476. The van der Waals surface area contributed by atoms with E-state index >= 15 is 0 Å². The number of fused-ring (bicyclic) bond motifs is 1. The number of hydrogen-bond donors (Lipinski definition) is 0. The molecule has 4 aromatic rings. The zero-order valence-corrected chi connectivity index (χ0v) is 17.0. The third-order valence-electron chi connectivity index (χ3n) is 5.04. The molecule has 4 rings (SSSR count). The van der Waals surface area contributed by atoms with Gasteiger partial charge in [-0.15, -0.1) is 0 Å². The second kappa shape index (κ2) is 8.46. The first kappa shape index (κ1) is 19.2. The highest BCUT2D eigenvalue weighted by molar-refractivity contribution is 6.29. The van der Waals surface area contributed by atoms with Crippen LogP contribution in [-0.2, 0) is 13.0 Å². The zero-order chi connectivity index (χ0) is 20.2. The van der Waals surface area contributed by atoms with Crippen LogP contribution in [0.5, 0.6) is 0 Å². The van der Waals surface area contributed by atoms with E-state index in [0.29, 0.717) is 17.3 Å². The molecule has 0 bridgehead atoms. The Morgan fingerprint density at radius 1 is 1.00 bits per heavy atom. The molecule has 0 N–H and O–H groups in total. The van der Waals surface area contributed by atoms with Gasteiger partial charge in [0.25, 0.3) is 0 Å². The lowest BCUT2D eigenvalue weighted by atomic mass is 9.99. The number of nitrogens with zero attached hydrogens (tertiary/aromatic N) is 4. The Bertz CT molecular complexity index is 1190. The van der Waals surface area contributed by atoms with Crippen LogP contribution in [0.4, 0.5) is 0 Å². The maximum Gasteiger partial charge on any atom is 0.162 e. The van der Waals surface area contributed by atoms with Crippen molar-refractivity contribution in [2.75, 3.05) is 0 Å². The van der Waals surface area contributed by atoms with Gasteiger partial charge in [0.1, 0.15) is 16.5 Å². The van der Waals surface area contributed by atoms with E-state index in [2.05, 4.69) is 46.8 Å². The van der Waals surface area contributed by atoms with Gasteiger partial charge in [0, 0.05) is 6.42 Å². The number of imidazole rings is 1. The molecular formula is C24H21ClN4. The fourth-order valence-corrected chi connectivity index (χ4v) is 3.67. The molecule has 0 saturated heterocycles. The van der Waals surface area contributed by atoms with E-state index in [9.17, 15) is 5.26 Å². The molecule has 0 fully saturated rings. The maximum absolute atomic E-state index is 9.35. The number of benzene rings is 2. The summed E-state index contributed by atoms with van der Waals surface area (Å²) in [6.07, 6.45) is 3.11. The van der Waals surface area contributed by atoms with Gasteiger partial charge in [0.05, 0.1) is 18.2 Å². The predicted octanol–water partition coefficient (Wildman–Crippen LogP) is 6.01. The second-order valence-corrected chi connectivity index (χ2v) is 7.44. The highest BCUT2D eigenvalue weighted by atomic mass is 35.5. The van der Waals surface area contributed by atoms with Crippen LogP contribution in [0.25, 0.3) is 22.3 Å². The smallest absolute Gasteiger partial charge is 0.162 e. The molecule has 0 atom stereocenters. The molecule has 2 heterocycles. The van der Waals surface area contributed by atoms with Gasteiger partial charge in [-0.25, -0.2) is 9.97 Å². The maximum atomic E-state index is 9.35. The fraction of sp³-hybridized carbons (Fsp3) is 0.208. The third kappa shape index (κ3) is 4.01. The molecule has 0 saturated carbocycles. The summed E-state index contributed by atoms with van der Waals surface area (Å²) < 4.78 is 2.16. The van der Waals surface area contributed by atoms with Crippen LogP contribution in [0.1, 0.15) is 36.7 Å². The first-order valence-electron chi connectivity index (χ1n) is 9.79. The molecule has 144 valence electrons. The average Bonchev–Trinajstić information content (AvgIpc) is 3.09. The normalized spacial score (nSPS) is 10.9. The van der Waals surface area contributed by atoms with Crippen LogP contribution in [0, 0.1) is 11.3 Å². The molecule has 0 aliphatic heterocycles. The van der Waals surface area contributed by atoms with Crippen LogP contribution < -0.4 is 0 Å². The van der Waals surface area contributed by atoms with Gasteiger partial charge in [0.2, 0.25) is 0 Å². The van der Waals surface area contributed by atoms with Gasteiger partial charge in [-0.1, -0.05) is 67.4 Å². The van der Waals surface area contributed by atoms with Gasteiger partial charge in [-0.2, -0.15) is 5.26 Å². The van der Waals surface area contributed by atoms with E-state index in [0.717, 1.165) is 52.9 Å². The van der Waals surface area contributed by atoms with E-state index in [1.165, 1.54) is 0 Å². The number of unbranched alkanes of at least 4 members (excludes halogenated alkanes) is 1. The van der Waals surface area contributed by atoms with Crippen LogP contribution >= 0.6 is 11.6 Å². The second-order valence-electron chi connectivity index (χ2n) is 7.05. The average molecular weight is 401 g/mol. The lowest BCUT2D eigenvalue weighted by Crippen LogP contribution is -2.06. The predicted molar refractivity (Wildman–Crippen MR) is 117 cm³/mol. The Labute approximate surface area is 175 Å². The standard InChI is InChI=1S/C24H21ClN4/c1-2-3-8-23-27-21-13-14-22(25)28-24(21)29(23)16-17-9-11-18(12-10-17)20-7-5-4-6-19(20)15-26/h4-7,9-14H,2-3,8,16H2,1H3. The molecule has 0 radical (unpaired) electrons. The van der Waals surface area contributed by atoms with Gasteiger partial charge in [0.15, 0.2) is 5.65 Å². The van der Waals surface area contributed by atoms with E-state index < -0.39 is 0 Å². The van der Waals surface area contributed by atoms with E-state index in [1.807, 2.05) is 30.3 Å². The van der Waals surface area contributed by atoms with Crippen LogP contribution in [-0.4, -0.2) is 14.5 Å². The minimum atomic E-state index is 0.476. The Kier molecular flexibility index (Phi) is 5.59. The summed E-state index contributed by atoms with van der Waals surface area (Å²) in [5, 5.41) is 9.83. The Hall–Kier alpha value is -3.16. The number of aromatic nitrogens is 3. The van der Waals surface area contributed by atoms with E-state index in [4.69, 9.17) is 16.6 Å². The Morgan fingerprint density at radius 2 is 1.79 bits per heavy atom. The summed E-state index contributed by atoms with van der Waals surface area (Å²) in [5.74, 6) is 1.04. The molecule has 0 amide bonds. The van der Waals surface area contributed by atoms with E-state index in [-0.39, 0.29) is 0 Å². The molecule has 0 spiro atoms. The number of nitriles is 1. The van der Waals surface area contributed by atoms with Crippen molar-refractivity contribution in [3.05, 3.63) is 82.8 Å². The highest BCUT2D eigenvalue weighted by Gasteiger charge is 2.13. The third-order valence-corrected chi connectivity index (χ3v) is 5.25. The quantitative estimate of drug-likeness (QED) is 0.372. The molecular weight excluding hydrogens is 380 g/mol. The fourth-order valence-electron chi connectivity index (χ4n) is 3.52. The molecule has 0 aliphatic carbocycles. The van der Waals surface area contributed by atoms with E-state index in [1.54, 1.807) is 6.07 Å². The van der Waals surface area contributed by atoms with Crippen molar-refractivity contribution >= 4 is 22.8 Å². The summed E-state index contributed by atoms with van der Waals surface area (Å²) in [4.78, 5) is 9.30. The van der Waals surface area contributed by atoms with Crippen molar-refractivity contribution < 1.29 is 0 Å². The largest absolute Gasteiger partial charge is 0.308 e. The van der Waals surface area contributed by atoms with Crippen LogP contribution in [0.3, 0.4) is 0 Å². The van der Waals surface area contributed by atoms with Crippen molar-refractivity contribution in [2.24, 2.45) is 0 Å². The Morgan fingerprint density at radius 3 is 2.55 bits per heavy atom. The molecule has 0 aliphatic rings. The number of pyridine rings is 1. The van der Waals surface area contributed by atoms with Crippen LogP contribution in [0.2, 0.25) is 5.15 Å². The van der Waals surface area contributed by atoms with Crippen molar-refractivity contribution in [1.29, 1.82) is 5.26 Å². The van der Waals surface area contributed by atoms with Crippen molar-refractivity contribution in [3.63, 3.8) is 0 Å². The van der Waals surface area contributed by atoms with Crippen molar-refractivity contribution in [3.8, 4) is 17.2 Å². The van der Waals surface area contributed by atoms with Crippen LogP contribution in [0.15, 0.2) is 60.7 Å². The summed E-state index contributed by atoms with van der Waals surface area (Å²) in [7, 11) is 0.